The molecule has 0 N–H and O–H groups in total. The number of ether oxygens (including phenoxy) is 3. The molecule has 0 saturated heterocycles. The molecule has 1 atom stereocenters. The lowest BCUT2D eigenvalue weighted by Crippen LogP contribution is -2.30. The van der Waals surface area contributed by atoms with Crippen molar-refractivity contribution in [3.63, 3.8) is 0 Å². The van der Waals surface area contributed by atoms with Crippen LogP contribution in [0.4, 0.5) is 0 Å². The smallest absolute Gasteiger partial charge is 0.306 e. The Morgan fingerprint density at radius 2 is 0.606 bits per heavy atom. The van der Waals surface area contributed by atoms with Gasteiger partial charge in [-0.15, -0.1) is 0 Å². The summed E-state index contributed by atoms with van der Waals surface area (Å²) in [5.41, 5.74) is 0. The van der Waals surface area contributed by atoms with Crippen molar-refractivity contribution in [3.05, 3.63) is 72.9 Å². The Kier molecular flexibility index (Phi) is 51.9. The molecule has 6 heteroatoms. The maximum absolute atomic E-state index is 12.8. The molecular weight excluding hydrogens is 817 g/mol. The maximum atomic E-state index is 12.8. The van der Waals surface area contributed by atoms with Crippen molar-refractivity contribution >= 4 is 17.9 Å². The van der Waals surface area contributed by atoms with E-state index in [0.29, 0.717) is 19.3 Å². The average molecular weight is 921 g/mol. The molecule has 0 saturated carbocycles. The molecule has 0 rings (SSSR count). The minimum absolute atomic E-state index is 0.0944. The van der Waals surface area contributed by atoms with Gasteiger partial charge in [-0.05, 0) is 83.5 Å². The Morgan fingerprint density at radius 1 is 0.318 bits per heavy atom. The van der Waals surface area contributed by atoms with E-state index in [4.69, 9.17) is 14.2 Å². The number of carbonyl (C=O) groups is 3. The Bertz CT molecular complexity index is 1240. The van der Waals surface area contributed by atoms with Crippen LogP contribution in [0.5, 0.6) is 0 Å². The monoisotopic (exact) mass is 921 g/mol. The summed E-state index contributed by atoms with van der Waals surface area (Å²) < 4.78 is 16.8. The largest absolute Gasteiger partial charge is 0.462 e. The molecule has 0 aromatic heterocycles. The molecule has 0 spiro atoms. The van der Waals surface area contributed by atoms with Crippen molar-refractivity contribution in [1.82, 2.24) is 0 Å². The van der Waals surface area contributed by atoms with Gasteiger partial charge in [-0.1, -0.05) is 241 Å². The molecule has 0 heterocycles. The first-order chi connectivity index (χ1) is 32.5. The molecule has 0 aliphatic heterocycles. The molecule has 380 valence electrons. The predicted octanol–water partition coefficient (Wildman–Crippen LogP) is 18.6. The Balaban J connectivity index is 4.46. The van der Waals surface area contributed by atoms with Crippen LogP contribution in [0, 0.1) is 0 Å². The highest BCUT2D eigenvalue weighted by Crippen LogP contribution is 2.15. The molecule has 0 aliphatic rings. The van der Waals surface area contributed by atoms with E-state index in [0.717, 1.165) is 89.9 Å². The topological polar surface area (TPSA) is 78.9 Å². The second-order valence-corrected chi connectivity index (χ2v) is 18.5. The first kappa shape index (κ1) is 62.8. The predicted molar refractivity (Wildman–Crippen MR) is 284 cm³/mol. The van der Waals surface area contributed by atoms with Crippen LogP contribution in [-0.4, -0.2) is 37.2 Å². The van der Waals surface area contributed by atoms with Gasteiger partial charge in [0.25, 0.3) is 0 Å². The van der Waals surface area contributed by atoms with Gasteiger partial charge < -0.3 is 14.2 Å². The Hall–Kier alpha value is -3.15. The van der Waals surface area contributed by atoms with Gasteiger partial charge in [-0.25, -0.2) is 0 Å². The molecule has 0 amide bonds. The third-order valence-electron chi connectivity index (χ3n) is 11.9. The van der Waals surface area contributed by atoms with Gasteiger partial charge in [0.05, 0.1) is 0 Å². The lowest BCUT2D eigenvalue weighted by atomic mass is 10.0. The summed E-state index contributed by atoms with van der Waals surface area (Å²) >= 11 is 0. The van der Waals surface area contributed by atoms with Gasteiger partial charge in [0.2, 0.25) is 0 Å². The van der Waals surface area contributed by atoms with Crippen LogP contribution in [0.1, 0.15) is 271 Å². The van der Waals surface area contributed by atoms with E-state index in [1.165, 1.54) is 135 Å². The van der Waals surface area contributed by atoms with E-state index in [2.05, 4.69) is 93.7 Å². The van der Waals surface area contributed by atoms with E-state index in [-0.39, 0.29) is 37.5 Å². The van der Waals surface area contributed by atoms with Crippen molar-refractivity contribution in [1.29, 1.82) is 0 Å². The summed E-state index contributed by atoms with van der Waals surface area (Å²) in [6.07, 6.45) is 68.9. The molecule has 0 bridgehead atoms. The molecule has 0 fully saturated rings. The van der Waals surface area contributed by atoms with Crippen molar-refractivity contribution in [2.24, 2.45) is 0 Å². The van der Waals surface area contributed by atoms with Gasteiger partial charge in [0.1, 0.15) is 13.2 Å². The summed E-state index contributed by atoms with van der Waals surface area (Å²) in [6, 6.07) is 0. The molecule has 0 radical (unpaired) electrons. The minimum atomic E-state index is -0.801. The lowest BCUT2D eigenvalue weighted by Gasteiger charge is -2.18. The normalized spacial score (nSPS) is 12.6. The second-order valence-electron chi connectivity index (χ2n) is 18.5. The quantitative estimate of drug-likeness (QED) is 0.0262. The molecule has 66 heavy (non-hydrogen) atoms. The number of hydrogen-bond acceptors (Lipinski definition) is 6. The summed E-state index contributed by atoms with van der Waals surface area (Å²) in [6.45, 7) is 6.49. The first-order valence-corrected chi connectivity index (χ1v) is 27.9. The van der Waals surface area contributed by atoms with E-state index in [9.17, 15) is 14.4 Å². The van der Waals surface area contributed by atoms with Gasteiger partial charge in [-0.3, -0.25) is 14.4 Å². The van der Waals surface area contributed by atoms with Crippen molar-refractivity contribution in [3.8, 4) is 0 Å². The van der Waals surface area contributed by atoms with Crippen LogP contribution in [0.25, 0.3) is 0 Å². The molecule has 0 aliphatic carbocycles. The summed E-state index contributed by atoms with van der Waals surface area (Å²) in [5, 5.41) is 0. The zero-order valence-corrected chi connectivity index (χ0v) is 43.4. The van der Waals surface area contributed by atoms with Gasteiger partial charge in [0.15, 0.2) is 6.10 Å². The van der Waals surface area contributed by atoms with Gasteiger partial charge in [0, 0.05) is 19.3 Å². The number of allylic oxidation sites excluding steroid dienone is 12. The second kappa shape index (κ2) is 54.5. The van der Waals surface area contributed by atoms with Gasteiger partial charge >= 0.3 is 17.9 Å². The number of esters is 3. The van der Waals surface area contributed by atoms with E-state index >= 15 is 0 Å². The third kappa shape index (κ3) is 51.8. The zero-order valence-electron chi connectivity index (χ0n) is 43.4. The number of unbranched alkanes of at least 4 members (excludes halogenated alkanes) is 27. The van der Waals surface area contributed by atoms with E-state index < -0.39 is 6.10 Å². The van der Waals surface area contributed by atoms with Gasteiger partial charge in [-0.2, -0.15) is 0 Å². The minimum Gasteiger partial charge on any atom is -0.462 e. The zero-order chi connectivity index (χ0) is 47.9. The number of rotatable bonds is 50. The van der Waals surface area contributed by atoms with Crippen molar-refractivity contribution in [2.45, 2.75) is 277 Å². The fourth-order valence-electron chi connectivity index (χ4n) is 7.77. The molecule has 6 nitrogen and oxygen atoms in total. The van der Waals surface area contributed by atoms with Crippen LogP contribution in [0.2, 0.25) is 0 Å². The van der Waals surface area contributed by atoms with Crippen molar-refractivity contribution in [2.75, 3.05) is 13.2 Å². The fraction of sp³-hybridized carbons (Fsp3) is 0.750. The molecule has 0 aromatic rings. The molecule has 1 unspecified atom stereocenters. The number of carbonyl (C=O) groups excluding carboxylic acids is 3. The van der Waals surface area contributed by atoms with E-state index in [1.807, 2.05) is 0 Å². The Labute approximate surface area is 408 Å². The van der Waals surface area contributed by atoms with Crippen LogP contribution in [-0.2, 0) is 28.6 Å². The van der Waals surface area contributed by atoms with Crippen LogP contribution < -0.4 is 0 Å². The van der Waals surface area contributed by atoms with Crippen LogP contribution in [0.15, 0.2) is 72.9 Å². The highest BCUT2D eigenvalue weighted by Gasteiger charge is 2.19. The standard InChI is InChI=1S/C60H104O6/c1-4-7-10-13-16-19-22-25-28-30-33-35-38-41-44-47-50-53-59(62)65-56-57(55-64-58(61)52-49-46-43-40-37-34-31-27-24-21-18-15-12-9-6-3)66-60(63)54-51-48-45-42-39-36-32-29-26-23-20-17-14-11-8-5-2/h8,11,17,20,25-26,28-29,33,35,41,44,57H,4-7,9-10,12-16,18-19,21-24,27,30-32,34,36-40,42-43,45-56H2,1-3H3/b11-8-,20-17-,28-25-,29-26-,35-33-,44-41-. The number of hydrogen-bond donors (Lipinski definition) is 0. The summed E-state index contributed by atoms with van der Waals surface area (Å²) in [7, 11) is 0. The van der Waals surface area contributed by atoms with Crippen LogP contribution in [0.3, 0.4) is 0 Å². The summed E-state index contributed by atoms with van der Waals surface area (Å²) in [4.78, 5) is 38.1. The van der Waals surface area contributed by atoms with E-state index in [1.54, 1.807) is 0 Å². The molecular formula is C60H104O6. The van der Waals surface area contributed by atoms with Crippen LogP contribution >= 0.6 is 0 Å². The summed E-state index contributed by atoms with van der Waals surface area (Å²) in [5.74, 6) is -0.955. The SMILES string of the molecule is CC/C=C\C/C=C\C/C=C\CCCCCCCCC(=O)OC(COC(=O)CCC/C=C\C/C=C\C/C=C\CCCCCCCC)COC(=O)CCCCCCCCCCCCCCCCC. The first-order valence-electron chi connectivity index (χ1n) is 27.9. The third-order valence-corrected chi connectivity index (χ3v) is 11.9. The highest BCUT2D eigenvalue weighted by atomic mass is 16.6. The lowest BCUT2D eigenvalue weighted by molar-refractivity contribution is -0.167. The van der Waals surface area contributed by atoms with Crippen molar-refractivity contribution < 1.29 is 28.6 Å². The average Bonchev–Trinajstić information content (AvgIpc) is 3.31. The maximum Gasteiger partial charge on any atom is 0.306 e. The molecule has 0 aromatic carbocycles. The fourth-order valence-corrected chi connectivity index (χ4v) is 7.77. The Morgan fingerprint density at radius 3 is 0.985 bits per heavy atom. The highest BCUT2D eigenvalue weighted by molar-refractivity contribution is 5.71.